The third kappa shape index (κ3) is 4.07. The van der Waals surface area contributed by atoms with Crippen molar-refractivity contribution in [2.75, 3.05) is 0 Å². The number of nitrogens with one attached hydrogen (secondary N) is 1. The van der Waals surface area contributed by atoms with Crippen LogP contribution < -0.4 is 10.1 Å². The average molecular weight is 423 g/mol. The Morgan fingerprint density at radius 2 is 1.86 bits per heavy atom. The maximum absolute atomic E-state index is 13.6. The standard InChI is InChI=1S/C21H17F4NO2S/c22-19(23)18-17(20(27)26-13-9-21(24,25)10-13)16-14(7-4-8-15(16)29-18)28-11-12-5-2-1-3-6-12/h1-8,13,19H,9-11H2,(H,26,27). The average Bonchev–Trinajstić information content (AvgIpc) is 3.06. The number of thiophene rings is 1. The van der Waals surface area contributed by atoms with Gasteiger partial charge in [-0.15, -0.1) is 11.3 Å². The highest BCUT2D eigenvalue weighted by atomic mass is 32.1. The molecule has 3 aromatic rings. The molecule has 2 aromatic carbocycles. The molecule has 152 valence electrons. The second kappa shape index (κ2) is 7.67. The van der Waals surface area contributed by atoms with Crippen molar-refractivity contribution in [1.29, 1.82) is 0 Å². The molecular weight excluding hydrogens is 406 g/mol. The van der Waals surface area contributed by atoms with E-state index in [0.717, 1.165) is 16.9 Å². The molecule has 3 nitrogen and oxygen atoms in total. The fourth-order valence-electron chi connectivity index (χ4n) is 3.39. The molecule has 4 rings (SSSR count). The minimum atomic E-state index is -2.86. The third-order valence-electron chi connectivity index (χ3n) is 4.79. The molecule has 1 fully saturated rings. The van der Waals surface area contributed by atoms with Gasteiger partial charge in [-0.25, -0.2) is 17.6 Å². The number of amides is 1. The van der Waals surface area contributed by atoms with Crippen LogP contribution in [0.1, 0.15) is 40.1 Å². The van der Waals surface area contributed by atoms with E-state index in [-0.39, 0.29) is 22.4 Å². The predicted molar refractivity (Wildman–Crippen MR) is 103 cm³/mol. The van der Waals surface area contributed by atoms with Crippen molar-refractivity contribution in [1.82, 2.24) is 5.32 Å². The van der Waals surface area contributed by atoms with Gasteiger partial charge < -0.3 is 10.1 Å². The van der Waals surface area contributed by atoms with Crippen LogP contribution in [0.5, 0.6) is 5.75 Å². The number of halogens is 4. The first-order valence-corrected chi connectivity index (χ1v) is 9.85. The maximum Gasteiger partial charge on any atom is 0.273 e. The molecule has 0 spiro atoms. The van der Waals surface area contributed by atoms with Crippen LogP contribution >= 0.6 is 11.3 Å². The van der Waals surface area contributed by atoms with Gasteiger partial charge in [-0.05, 0) is 17.7 Å². The number of carbonyl (C=O) groups is 1. The van der Waals surface area contributed by atoms with Crippen LogP contribution in [0.25, 0.3) is 10.1 Å². The molecule has 1 N–H and O–H groups in total. The fourth-order valence-corrected chi connectivity index (χ4v) is 4.46. The van der Waals surface area contributed by atoms with E-state index in [1.807, 2.05) is 30.3 Å². The molecular formula is C21H17F4NO2S. The summed E-state index contributed by atoms with van der Waals surface area (Å²) in [5.74, 6) is -3.29. The molecule has 1 saturated carbocycles. The zero-order valence-electron chi connectivity index (χ0n) is 15.1. The van der Waals surface area contributed by atoms with Crippen molar-refractivity contribution in [2.24, 2.45) is 0 Å². The van der Waals surface area contributed by atoms with Gasteiger partial charge in [-0.3, -0.25) is 4.79 Å². The van der Waals surface area contributed by atoms with Crippen LogP contribution in [0.15, 0.2) is 48.5 Å². The lowest BCUT2D eigenvalue weighted by Crippen LogP contribution is -2.50. The molecule has 0 saturated heterocycles. The molecule has 1 aliphatic rings. The Labute approximate surface area is 168 Å². The summed E-state index contributed by atoms with van der Waals surface area (Å²) < 4.78 is 59.7. The van der Waals surface area contributed by atoms with E-state index in [1.54, 1.807) is 18.2 Å². The summed E-state index contributed by atoms with van der Waals surface area (Å²) in [6.45, 7) is 0.204. The quantitative estimate of drug-likeness (QED) is 0.498. The van der Waals surface area contributed by atoms with E-state index in [1.165, 1.54) is 0 Å². The summed E-state index contributed by atoms with van der Waals surface area (Å²) in [5, 5.41) is 2.75. The number of benzene rings is 2. The van der Waals surface area contributed by atoms with Crippen LogP contribution in [0, 0.1) is 0 Å². The summed E-state index contributed by atoms with van der Waals surface area (Å²) in [5.41, 5.74) is 0.690. The van der Waals surface area contributed by atoms with Gasteiger partial charge in [0.05, 0.1) is 10.4 Å². The van der Waals surface area contributed by atoms with E-state index >= 15 is 0 Å². The van der Waals surface area contributed by atoms with Crippen molar-refractivity contribution in [3.05, 3.63) is 64.5 Å². The van der Waals surface area contributed by atoms with Gasteiger partial charge in [0.1, 0.15) is 12.4 Å². The van der Waals surface area contributed by atoms with E-state index in [0.29, 0.717) is 10.4 Å². The highest BCUT2D eigenvalue weighted by Gasteiger charge is 2.46. The molecule has 0 radical (unpaired) electrons. The highest BCUT2D eigenvalue weighted by molar-refractivity contribution is 7.19. The normalized spacial score (nSPS) is 16.0. The zero-order valence-corrected chi connectivity index (χ0v) is 15.9. The number of fused-ring (bicyclic) bond motifs is 1. The molecule has 1 aliphatic carbocycles. The molecule has 0 atom stereocenters. The molecule has 29 heavy (non-hydrogen) atoms. The van der Waals surface area contributed by atoms with Gasteiger partial charge in [0.2, 0.25) is 0 Å². The highest BCUT2D eigenvalue weighted by Crippen LogP contribution is 2.43. The van der Waals surface area contributed by atoms with Gasteiger partial charge in [0, 0.05) is 29.0 Å². The van der Waals surface area contributed by atoms with Crippen LogP contribution in [0.3, 0.4) is 0 Å². The summed E-state index contributed by atoms with van der Waals surface area (Å²) in [6.07, 6.45) is -3.83. The number of carbonyl (C=O) groups excluding carboxylic acids is 1. The maximum atomic E-state index is 13.6. The molecule has 1 aromatic heterocycles. The summed E-state index contributed by atoms with van der Waals surface area (Å²) >= 11 is 0.810. The second-order valence-corrected chi connectivity index (χ2v) is 8.06. The van der Waals surface area contributed by atoms with Crippen LogP contribution in [-0.4, -0.2) is 17.9 Å². The monoisotopic (exact) mass is 423 g/mol. The van der Waals surface area contributed by atoms with Crippen molar-refractivity contribution >= 4 is 27.3 Å². The summed E-state index contributed by atoms with van der Waals surface area (Å²) in [7, 11) is 0. The molecule has 1 heterocycles. The number of rotatable bonds is 6. The molecule has 0 bridgehead atoms. The molecule has 0 aliphatic heterocycles. The first kappa shape index (κ1) is 19.7. The van der Waals surface area contributed by atoms with Gasteiger partial charge in [0.15, 0.2) is 0 Å². The van der Waals surface area contributed by atoms with Crippen molar-refractivity contribution in [3.63, 3.8) is 0 Å². The van der Waals surface area contributed by atoms with E-state index < -0.39 is 37.1 Å². The molecule has 8 heteroatoms. The van der Waals surface area contributed by atoms with Crippen LogP contribution in [0.4, 0.5) is 17.6 Å². The van der Waals surface area contributed by atoms with Crippen LogP contribution in [0.2, 0.25) is 0 Å². The first-order valence-electron chi connectivity index (χ1n) is 9.03. The Balaban J connectivity index is 1.67. The lowest BCUT2D eigenvalue weighted by atomic mass is 9.88. The Morgan fingerprint density at radius 3 is 2.52 bits per heavy atom. The Bertz CT molecular complexity index is 1030. The van der Waals surface area contributed by atoms with Gasteiger partial charge >= 0.3 is 0 Å². The fraction of sp³-hybridized carbons (Fsp3) is 0.286. The zero-order chi connectivity index (χ0) is 20.6. The number of hydrogen-bond donors (Lipinski definition) is 1. The SMILES string of the molecule is O=C(NC1CC(F)(F)C1)c1c(C(F)F)sc2cccc(OCc3ccccc3)c12. The van der Waals surface area contributed by atoms with Crippen molar-refractivity contribution < 1.29 is 27.1 Å². The van der Waals surface area contributed by atoms with E-state index in [9.17, 15) is 22.4 Å². The Morgan fingerprint density at radius 1 is 1.14 bits per heavy atom. The molecule has 0 unspecified atom stereocenters. The topological polar surface area (TPSA) is 38.3 Å². The minimum absolute atomic E-state index is 0.195. The van der Waals surface area contributed by atoms with Gasteiger partial charge in [-0.2, -0.15) is 0 Å². The number of hydrogen-bond acceptors (Lipinski definition) is 3. The third-order valence-corrected chi connectivity index (χ3v) is 5.95. The van der Waals surface area contributed by atoms with E-state index in [4.69, 9.17) is 4.74 Å². The van der Waals surface area contributed by atoms with Crippen LogP contribution in [-0.2, 0) is 6.61 Å². The summed E-state index contributed by atoms with van der Waals surface area (Å²) in [6, 6.07) is 13.5. The predicted octanol–water partition coefficient (Wildman–Crippen LogP) is 5.95. The molecule has 1 amide bonds. The number of ether oxygens (including phenoxy) is 1. The van der Waals surface area contributed by atoms with E-state index in [2.05, 4.69) is 5.32 Å². The van der Waals surface area contributed by atoms with Gasteiger partial charge in [0.25, 0.3) is 18.3 Å². The largest absolute Gasteiger partial charge is 0.488 e. The number of alkyl halides is 4. The summed E-state index contributed by atoms with van der Waals surface area (Å²) in [4.78, 5) is 12.4. The Hall–Kier alpha value is -2.61. The van der Waals surface area contributed by atoms with Crippen molar-refractivity contribution in [3.8, 4) is 5.75 Å². The lowest BCUT2D eigenvalue weighted by molar-refractivity contribution is -0.0901. The first-order chi connectivity index (χ1) is 13.8. The lowest BCUT2D eigenvalue weighted by Gasteiger charge is -2.35. The van der Waals surface area contributed by atoms with Gasteiger partial charge in [-0.1, -0.05) is 36.4 Å². The minimum Gasteiger partial charge on any atom is -0.488 e. The second-order valence-electron chi connectivity index (χ2n) is 6.98. The smallest absolute Gasteiger partial charge is 0.273 e. The van der Waals surface area contributed by atoms with Crippen molar-refractivity contribution in [2.45, 2.75) is 37.8 Å². The Kier molecular flexibility index (Phi) is 5.21.